The quantitative estimate of drug-likeness (QED) is 0.851. The van der Waals surface area contributed by atoms with Crippen molar-refractivity contribution in [2.75, 3.05) is 6.54 Å². The Hall–Kier alpha value is -2.43. The van der Waals surface area contributed by atoms with E-state index < -0.39 is 0 Å². The van der Waals surface area contributed by atoms with Crippen molar-refractivity contribution < 1.29 is 13.9 Å². The second-order valence-corrected chi connectivity index (χ2v) is 7.27. The summed E-state index contributed by atoms with van der Waals surface area (Å²) in [7, 11) is 0. The first-order valence-corrected chi connectivity index (χ1v) is 8.38. The average Bonchev–Trinajstić information content (AvgIpc) is 2.51. The molecule has 1 aromatic carbocycles. The van der Waals surface area contributed by atoms with Crippen LogP contribution in [-0.2, 0) is 6.61 Å². The Morgan fingerprint density at radius 1 is 1.24 bits per heavy atom. The van der Waals surface area contributed by atoms with Gasteiger partial charge in [-0.05, 0) is 42.5 Å². The Morgan fingerprint density at radius 2 is 2.00 bits per heavy atom. The van der Waals surface area contributed by atoms with Crippen LogP contribution in [0, 0.1) is 18.2 Å². The first-order valence-electron chi connectivity index (χ1n) is 8.38. The molecule has 5 heteroatoms. The van der Waals surface area contributed by atoms with Crippen molar-refractivity contribution in [3.63, 3.8) is 0 Å². The minimum atomic E-state index is -0.299. The van der Waals surface area contributed by atoms with Crippen molar-refractivity contribution >= 4 is 5.91 Å². The number of carbonyl (C=O) groups excluding carboxylic acids is 1. The summed E-state index contributed by atoms with van der Waals surface area (Å²) in [4.78, 5) is 16.6. The fourth-order valence-electron chi connectivity index (χ4n) is 2.29. The SMILES string of the molecule is Cc1nc(OCc2cccc(F)c2)ccc1C(=O)NCCC(C)(C)C. The molecule has 0 aliphatic heterocycles. The highest BCUT2D eigenvalue weighted by Gasteiger charge is 2.14. The van der Waals surface area contributed by atoms with Crippen molar-refractivity contribution in [2.45, 2.75) is 40.7 Å². The maximum absolute atomic E-state index is 13.2. The van der Waals surface area contributed by atoms with E-state index in [-0.39, 0.29) is 23.7 Å². The molecule has 0 fully saturated rings. The molecule has 0 spiro atoms. The molecule has 0 radical (unpaired) electrons. The summed E-state index contributed by atoms with van der Waals surface area (Å²) in [5.41, 5.74) is 2.04. The van der Waals surface area contributed by atoms with Crippen LogP contribution >= 0.6 is 0 Å². The number of carbonyl (C=O) groups is 1. The van der Waals surface area contributed by atoms with Gasteiger partial charge in [0.2, 0.25) is 5.88 Å². The Balaban J connectivity index is 1.94. The highest BCUT2D eigenvalue weighted by molar-refractivity contribution is 5.95. The molecule has 2 aromatic rings. The number of nitrogens with zero attached hydrogens (tertiary/aromatic N) is 1. The molecular formula is C20H25FN2O2. The number of benzene rings is 1. The van der Waals surface area contributed by atoms with E-state index in [1.165, 1.54) is 12.1 Å². The van der Waals surface area contributed by atoms with Gasteiger partial charge in [0.1, 0.15) is 12.4 Å². The lowest BCUT2D eigenvalue weighted by molar-refractivity contribution is 0.0948. The van der Waals surface area contributed by atoms with Crippen LogP contribution in [0.3, 0.4) is 0 Å². The van der Waals surface area contributed by atoms with E-state index in [1.807, 2.05) is 0 Å². The van der Waals surface area contributed by atoms with Crippen molar-refractivity contribution in [3.8, 4) is 5.88 Å². The molecule has 1 N–H and O–H groups in total. The number of amides is 1. The van der Waals surface area contributed by atoms with Gasteiger partial charge in [0.15, 0.2) is 0 Å². The molecular weight excluding hydrogens is 319 g/mol. The maximum Gasteiger partial charge on any atom is 0.253 e. The van der Waals surface area contributed by atoms with Gasteiger partial charge in [-0.2, -0.15) is 0 Å². The predicted octanol–water partition coefficient (Wildman–Crippen LogP) is 4.27. The first-order chi connectivity index (χ1) is 11.7. The summed E-state index contributed by atoms with van der Waals surface area (Å²) >= 11 is 0. The number of nitrogens with one attached hydrogen (secondary N) is 1. The average molecular weight is 344 g/mol. The van der Waals surface area contributed by atoms with Crippen LogP contribution in [0.4, 0.5) is 4.39 Å². The molecule has 0 aliphatic carbocycles. The standard InChI is InChI=1S/C20H25FN2O2/c1-14-17(19(24)22-11-10-20(2,3)4)8-9-18(23-14)25-13-15-6-5-7-16(21)12-15/h5-9,12H,10-11,13H2,1-4H3,(H,22,24). The molecule has 1 amide bonds. The lowest BCUT2D eigenvalue weighted by atomic mass is 9.92. The Bertz CT molecular complexity index is 739. The zero-order valence-electron chi connectivity index (χ0n) is 15.2. The Labute approximate surface area is 148 Å². The number of ether oxygens (including phenoxy) is 1. The number of pyridine rings is 1. The van der Waals surface area contributed by atoms with Gasteiger partial charge in [-0.1, -0.05) is 32.9 Å². The van der Waals surface area contributed by atoms with Gasteiger partial charge >= 0.3 is 0 Å². The predicted molar refractivity (Wildman–Crippen MR) is 96.1 cm³/mol. The number of hydrogen-bond acceptors (Lipinski definition) is 3. The second kappa shape index (κ2) is 8.10. The number of aromatic nitrogens is 1. The molecule has 2 rings (SSSR count). The van der Waals surface area contributed by atoms with Gasteiger partial charge in [-0.25, -0.2) is 9.37 Å². The summed E-state index contributed by atoms with van der Waals surface area (Å²) < 4.78 is 18.7. The van der Waals surface area contributed by atoms with Crippen molar-refractivity contribution in [1.29, 1.82) is 0 Å². The third-order valence-electron chi connectivity index (χ3n) is 3.74. The molecule has 0 aliphatic rings. The highest BCUT2D eigenvalue weighted by Crippen LogP contribution is 2.18. The lowest BCUT2D eigenvalue weighted by Gasteiger charge is -2.18. The molecule has 0 bridgehead atoms. The minimum absolute atomic E-state index is 0.133. The number of hydrogen-bond donors (Lipinski definition) is 1. The smallest absolute Gasteiger partial charge is 0.253 e. The molecule has 0 unspecified atom stereocenters. The molecule has 134 valence electrons. The van der Waals surface area contributed by atoms with Crippen LogP contribution in [-0.4, -0.2) is 17.4 Å². The van der Waals surface area contributed by atoms with Crippen LogP contribution < -0.4 is 10.1 Å². The van der Waals surface area contributed by atoms with Gasteiger partial charge in [0.25, 0.3) is 5.91 Å². The normalized spacial score (nSPS) is 11.2. The van der Waals surface area contributed by atoms with Crippen molar-refractivity contribution in [3.05, 3.63) is 59.0 Å². The maximum atomic E-state index is 13.2. The largest absolute Gasteiger partial charge is 0.473 e. The molecule has 0 atom stereocenters. The van der Waals surface area contributed by atoms with E-state index in [2.05, 4.69) is 31.1 Å². The fraction of sp³-hybridized carbons (Fsp3) is 0.400. The molecule has 0 saturated heterocycles. The van der Waals surface area contributed by atoms with Gasteiger partial charge in [0.05, 0.1) is 11.3 Å². The van der Waals surface area contributed by atoms with E-state index in [0.717, 1.165) is 12.0 Å². The third kappa shape index (κ3) is 6.18. The van der Waals surface area contributed by atoms with Crippen molar-refractivity contribution in [1.82, 2.24) is 10.3 Å². The van der Waals surface area contributed by atoms with Crippen molar-refractivity contribution in [2.24, 2.45) is 5.41 Å². The molecule has 1 heterocycles. The summed E-state index contributed by atoms with van der Waals surface area (Å²) in [6.07, 6.45) is 0.903. The van der Waals surface area contributed by atoms with E-state index in [9.17, 15) is 9.18 Å². The Morgan fingerprint density at radius 3 is 2.64 bits per heavy atom. The second-order valence-electron chi connectivity index (χ2n) is 7.27. The van der Waals surface area contributed by atoms with Crippen LogP contribution in [0.1, 0.15) is 48.8 Å². The van der Waals surface area contributed by atoms with Gasteiger partial charge < -0.3 is 10.1 Å². The topological polar surface area (TPSA) is 51.2 Å². The van der Waals surface area contributed by atoms with E-state index in [4.69, 9.17) is 4.74 Å². The minimum Gasteiger partial charge on any atom is -0.473 e. The summed E-state index contributed by atoms with van der Waals surface area (Å²) in [6, 6.07) is 9.59. The third-order valence-corrected chi connectivity index (χ3v) is 3.74. The van der Waals surface area contributed by atoms with Gasteiger partial charge in [-0.15, -0.1) is 0 Å². The first kappa shape index (κ1) is 18.9. The number of aryl methyl sites for hydroxylation is 1. The van der Waals surface area contributed by atoms with Crippen LogP contribution in [0.5, 0.6) is 5.88 Å². The van der Waals surface area contributed by atoms with E-state index >= 15 is 0 Å². The van der Waals surface area contributed by atoms with Crippen LogP contribution in [0.15, 0.2) is 36.4 Å². The van der Waals surface area contributed by atoms with Crippen LogP contribution in [0.25, 0.3) is 0 Å². The van der Waals surface area contributed by atoms with Gasteiger partial charge in [-0.3, -0.25) is 4.79 Å². The molecule has 25 heavy (non-hydrogen) atoms. The molecule has 0 saturated carbocycles. The van der Waals surface area contributed by atoms with E-state index in [0.29, 0.717) is 23.7 Å². The summed E-state index contributed by atoms with van der Waals surface area (Å²) in [6.45, 7) is 9.03. The zero-order chi connectivity index (χ0) is 18.4. The zero-order valence-corrected chi connectivity index (χ0v) is 15.2. The number of halogens is 1. The fourth-order valence-corrected chi connectivity index (χ4v) is 2.29. The van der Waals surface area contributed by atoms with Crippen LogP contribution in [0.2, 0.25) is 0 Å². The monoisotopic (exact) mass is 344 g/mol. The Kier molecular flexibility index (Phi) is 6.12. The summed E-state index contributed by atoms with van der Waals surface area (Å²) in [5, 5.41) is 2.92. The summed E-state index contributed by atoms with van der Waals surface area (Å²) in [5.74, 6) is -0.0218. The lowest BCUT2D eigenvalue weighted by Crippen LogP contribution is -2.28. The molecule has 1 aromatic heterocycles. The van der Waals surface area contributed by atoms with Gasteiger partial charge in [0, 0.05) is 12.6 Å². The number of rotatable bonds is 6. The molecule has 4 nitrogen and oxygen atoms in total. The highest BCUT2D eigenvalue weighted by atomic mass is 19.1. The van der Waals surface area contributed by atoms with E-state index in [1.54, 1.807) is 31.2 Å².